The maximum absolute atomic E-state index is 13.2. The summed E-state index contributed by atoms with van der Waals surface area (Å²) in [6.07, 6.45) is 2.37. The lowest BCUT2D eigenvalue weighted by atomic mass is 10.1. The first-order valence-electron chi connectivity index (χ1n) is 9.42. The summed E-state index contributed by atoms with van der Waals surface area (Å²) in [6, 6.07) is 12.8. The highest BCUT2D eigenvalue weighted by Gasteiger charge is 2.32. The van der Waals surface area contributed by atoms with Crippen molar-refractivity contribution in [1.29, 1.82) is 0 Å². The molecular formula is C21H18N4O4. The summed E-state index contributed by atoms with van der Waals surface area (Å²) in [6.45, 7) is 1.18. The molecule has 0 N–H and O–H groups in total. The molecule has 0 radical (unpaired) electrons. The van der Waals surface area contributed by atoms with Crippen LogP contribution in [0.25, 0.3) is 10.9 Å². The maximum Gasteiger partial charge on any atom is 0.274 e. The van der Waals surface area contributed by atoms with E-state index in [9.17, 15) is 9.59 Å². The van der Waals surface area contributed by atoms with Crippen LogP contribution in [-0.4, -0.2) is 51.9 Å². The van der Waals surface area contributed by atoms with E-state index in [0.29, 0.717) is 35.7 Å². The Hall–Kier alpha value is -3.68. The second-order valence-electron chi connectivity index (χ2n) is 6.94. The van der Waals surface area contributed by atoms with Crippen LogP contribution in [0, 0.1) is 0 Å². The van der Waals surface area contributed by atoms with Crippen molar-refractivity contribution in [2.24, 2.45) is 0 Å². The van der Waals surface area contributed by atoms with E-state index in [4.69, 9.17) is 9.47 Å². The quantitative estimate of drug-likeness (QED) is 0.682. The molecule has 0 spiro atoms. The summed E-state index contributed by atoms with van der Waals surface area (Å²) in [5.74, 6) is 0.934. The van der Waals surface area contributed by atoms with Crippen molar-refractivity contribution in [3.63, 3.8) is 0 Å². The van der Waals surface area contributed by atoms with Gasteiger partial charge in [-0.1, -0.05) is 24.3 Å². The highest BCUT2D eigenvalue weighted by molar-refractivity contribution is 6.06. The minimum absolute atomic E-state index is 0.138. The molecule has 0 atom stereocenters. The summed E-state index contributed by atoms with van der Waals surface area (Å²) in [5, 5.41) is 11.8. The van der Waals surface area contributed by atoms with Gasteiger partial charge in [-0.15, -0.1) is 0 Å². The van der Waals surface area contributed by atoms with Crippen LogP contribution in [0.4, 0.5) is 0 Å². The molecule has 0 aliphatic carbocycles. The number of amides is 2. The van der Waals surface area contributed by atoms with Gasteiger partial charge < -0.3 is 9.47 Å². The van der Waals surface area contributed by atoms with E-state index in [1.807, 2.05) is 36.4 Å². The Bertz CT molecular complexity index is 1110. The summed E-state index contributed by atoms with van der Waals surface area (Å²) >= 11 is 0. The lowest BCUT2D eigenvalue weighted by Crippen LogP contribution is -2.45. The van der Waals surface area contributed by atoms with E-state index >= 15 is 0 Å². The summed E-state index contributed by atoms with van der Waals surface area (Å²) in [7, 11) is 0. The number of ether oxygens (including phenoxy) is 2. The molecule has 1 saturated heterocycles. The molecule has 0 bridgehead atoms. The summed E-state index contributed by atoms with van der Waals surface area (Å²) < 4.78 is 10.7. The van der Waals surface area contributed by atoms with E-state index in [-0.39, 0.29) is 25.0 Å². The molecule has 8 heteroatoms. The van der Waals surface area contributed by atoms with Crippen LogP contribution < -0.4 is 9.47 Å². The second kappa shape index (κ2) is 7.05. The van der Waals surface area contributed by atoms with Gasteiger partial charge in [-0.25, -0.2) is 5.01 Å². The smallest absolute Gasteiger partial charge is 0.274 e. The molecule has 1 aromatic heterocycles. The molecule has 2 amide bonds. The fourth-order valence-corrected chi connectivity index (χ4v) is 3.72. The van der Waals surface area contributed by atoms with Crippen LogP contribution in [0.15, 0.2) is 48.7 Å². The molecule has 8 nitrogen and oxygen atoms in total. The molecule has 3 heterocycles. The number of aromatic nitrogens is 2. The van der Waals surface area contributed by atoms with Crippen LogP contribution >= 0.6 is 0 Å². The van der Waals surface area contributed by atoms with Gasteiger partial charge in [-0.05, 0) is 30.2 Å². The number of hydrogen-bond acceptors (Lipinski definition) is 6. The predicted octanol–water partition coefficient (Wildman–Crippen LogP) is 2.19. The number of rotatable bonds is 3. The van der Waals surface area contributed by atoms with Crippen LogP contribution in [0.5, 0.6) is 11.5 Å². The number of fused-ring (bicyclic) bond motifs is 2. The molecule has 3 aromatic rings. The Kier molecular flexibility index (Phi) is 4.23. The van der Waals surface area contributed by atoms with Crippen molar-refractivity contribution < 1.29 is 19.1 Å². The van der Waals surface area contributed by atoms with Crippen LogP contribution in [-0.2, 0) is 11.2 Å². The normalized spacial score (nSPS) is 15.2. The fraction of sp³-hybridized carbons (Fsp3) is 0.238. The Morgan fingerprint density at radius 1 is 1.00 bits per heavy atom. The highest BCUT2D eigenvalue weighted by atomic mass is 16.7. The molecule has 2 aromatic carbocycles. The molecule has 2 aliphatic rings. The molecule has 146 valence electrons. The zero-order valence-electron chi connectivity index (χ0n) is 15.6. The van der Waals surface area contributed by atoms with Crippen molar-refractivity contribution in [3.8, 4) is 11.5 Å². The second-order valence-corrected chi connectivity index (χ2v) is 6.94. The monoisotopic (exact) mass is 390 g/mol. The molecule has 0 saturated carbocycles. The SMILES string of the molecule is O=C(Cc1ccc2c(c1)OCO2)N1CCCN1C(=O)c1cnnc2ccccc12. The average Bonchev–Trinajstić information content (AvgIpc) is 3.42. The minimum Gasteiger partial charge on any atom is -0.454 e. The van der Waals surface area contributed by atoms with Gasteiger partial charge in [0.2, 0.25) is 12.7 Å². The first kappa shape index (κ1) is 17.4. The topological polar surface area (TPSA) is 84.9 Å². The number of carbonyl (C=O) groups excluding carboxylic acids is 2. The van der Waals surface area contributed by atoms with Gasteiger partial charge in [0.15, 0.2) is 11.5 Å². The lowest BCUT2D eigenvalue weighted by molar-refractivity contribution is -0.139. The van der Waals surface area contributed by atoms with Crippen molar-refractivity contribution >= 4 is 22.7 Å². The number of nitrogens with zero attached hydrogens (tertiary/aromatic N) is 4. The predicted molar refractivity (Wildman–Crippen MR) is 103 cm³/mol. The van der Waals surface area contributed by atoms with E-state index in [1.165, 1.54) is 16.2 Å². The third kappa shape index (κ3) is 3.12. The zero-order chi connectivity index (χ0) is 19.8. The number of hydrogen-bond donors (Lipinski definition) is 0. The number of benzene rings is 2. The van der Waals surface area contributed by atoms with Crippen molar-refractivity contribution in [3.05, 3.63) is 59.8 Å². The maximum atomic E-state index is 13.2. The summed E-state index contributed by atoms with van der Waals surface area (Å²) in [5.41, 5.74) is 1.91. The van der Waals surface area contributed by atoms with Crippen molar-refractivity contribution in [1.82, 2.24) is 20.2 Å². The van der Waals surface area contributed by atoms with Gasteiger partial charge in [0.25, 0.3) is 5.91 Å². The number of carbonyl (C=O) groups is 2. The van der Waals surface area contributed by atoms with Gasteiger partial charge in [-0.3, -0.25) is 14.6 Å². The molecule has 29 heavy (non-hydrogen) atoms. The van der Waals surface area contributed by atoms with Gasteiger partial charge in [0, 0.05) is 18.5 Å². The highest BCUT2D eigenvalue weighted by Crippen LogP contribution is 2.33. The third-order valence-corrected chi connectivity index (χ3v) is 5.12. The first-order valence-corrected chi connectivity index (χ1v) is 9.42. The fourth-order valence-electron chi connectivity index (χ4n) is 3.72. The molecule has 2 aliphatic heterocycles. The van der Waals surface area contributed by atoms with Crippen LogP contribution in [0.2, 0.25) is 0 Å². The third-order valence-electron chi connectivity index (χ3n) is 5.12. The van der Waals surface area contributed by atoms with Crippen LogP contribution in [0.3, 0.4) is 0 Å². The van der Waals surface area contributed by atoms with Crippen LogP contribution in [0.1, 0.15) is 22.3 Å². The Labute approximate surface area is 166 Å². The van der Waals surface area contributed by atoms with E-state index in [2.05, 4.69) is 10.2 Å². The minimum atomic E-state index is -0.243. The molecule has 1 fully saturated rings. The Morgan fingerprint density at radius 3 is 2.76 bits per heavy atom. The van der Waals surface area contributed by atoms with Gasteiger partial charge in [0.05, 0.1) is 23.7 Å². The van der Waals surface area contributed by atoms with Gasteiger partial charge in [-0.2, -0.15) is 10.2 Å². The molecule has 5 rings (SSSR count). The lowest BCUT2D eigenvalue weighted by Gasteiger charge is -2.28. The van der Waals surface area contributed by atoms with Crippen molar-refractivity contribution in [2.75, 3.05) is 19.9 Å². The zero-order valence-corrected chi connectivity index (χ0v) is 15.6. The Morgan fingerprint density at radius 2 is 1.83 bits per heavy atom. The largest absolute Gasteiger partial charge is 0.454 e. The van der Waals surface area contributed by atoms with Gasteiger partial charge in [0.1, 0.15) is 0 Å². The van der Waals surface area contributed by atoms with E-state index in [1.54, 1.807) is 6.07 Å². The number of hydrazine groups is 1. The van der Waals surface area contributed by atoms with E-state index < -0.39 is 0 Å². The van der Waals surface area contributed by atoms with Gasteiger partial charge >= 0.3 is 0 Å². The van der Waals surface area contributed by atoms with Crippen molar-refractivity contribution in [2.45, 2.75) is 12.8 Å². The summed E-state index contributed by atoms with van der Waals surface area (Å²) in [4.78, 5) is 26.2. The Balaban J connectivity index is 1.38. The standard InChI is InChI=1S/C21H18N4O4/c26-20(11-14-6-7-18-19(10-14)29-13-28-18)24-8-3-9-25(24)21(27)16-12-22-23-17-5-2-1-4-15(16)17/h1-2,4-7,10,12H,3,8-9,11,13H2. The average molecular weight is 390 g/mol. The molecule has 0 unspecified atom stereocenters. The molecular weight excluding hydrogens is 372 g/mol. The first-order chi connectivity index (χ1) is 14.2. The van der Waals surface area contributed by atoms with E-state index in [0.717, 1.165) is 17.4 Å².